The van der Waals surface area contributed by atoms with Gasteiger partial charge in [0.25, 0.3) is 0 Å². The van der Waals surface area contributed by atoms with Crippen LogP contribution in [0, 0.1) is 11.2 Å². The van der Waals surface area contributed by atoms with E-state index in [4.69, 9.17) is 9.26 Å². The predicted octanol–water partition coefficient (Wildman–Crippen LogP) is 1.98. The lowest BCUT2D eigenvalue weighted by molar-refractivity contribution is -0.153. The normalized spacial score (nSPS) is 26.2. The third-order valence-corrected chi connectivity index (χ3v) is 7.38. The van der Waals surface area contributed by atoms with Crippen LogP contribution >= 0.6 is 11.3 Å². The van der Waals surface area contributed by atoms with Crippen molar-refractivity contribution in [2.24, 2.45) is 5.41 Å². The van der Waals surface area contributed by atoms with E-state index in [1.807, 2.05) is 6.92 Å². The molecule has 3 aliphatic heterocycles. The van der Waals surface area contributed by atoms with Gasteiger partial charge < -0.3 is 14.2 Å². The van der Waals surface area contributed by atoms with Gasteiger partial charge in [0, 0.05) is 24.5 Å². The molecule has 1 aromatic carbocycles. The minimum Gasteiger partial charge on any atom is -0.372 e. The zero-order valence-electron chi connectivity index (χ0n) is 17.5. The lowest BCUT2D eigenvalue weighted by atomic mass is 9.66. The Labute approximate surface area is 190 Å². The van der Waals surface area contributed by atoms with Crippen molar-refractivity contribution < 1.29 is 28.0 Å². The molecule has 0 aliphatic carbocycles. The summed E-state index contributed by atoms with van der Waals surface area (Å²) in [4.78, 5) is 44.2. The summed E-state index contributed by atoms with van der Waals surface area (Å²) in [7, 11) is 0. The smallest absolute Gasteiger partial charge is 0.328 e. The average Bonchev–Trinajstić information content (AvgIpc) is 3.41. The van der Waals surface area contributed by atoms with Gasteiger partial charge in [0.15, 0.2) is 11.2 Å². The van der Waals surface area contributed by atoms with Crippen molar-refractivity contribution in [3.05, 3.63) is 29.0 Å². The van der Waals surface area contributed by atoms with E-state index in [-0.39, 0.29) is 30.3 Å². The number of aromatic nitrogens is 2. The molecular formula is C21H18FN5O5S. The molecule has 3 atom stereocenters. The van der Waals surface area contributed by atoms with Gasteiger partial charge in [0.2, 0.25) is 17.4 Å². The van der Waals surface area contributed by atoms with Crippen LogP contribution < -0.4 is 15.5 Å². The Morgan fingerprint density at radius 1 is 1.24 bits per heavy atom. The quantitative estimate of drug-likeness (QED) is 0.516. The summed E-state index contributed by atoms with van der Waals surface area (Å²) in [5.74, 6) is -2.08. The van der Waals surface area contributed by atoms with E-state index in [0.717, 1.165) is 0 Å². The third-order valence-electron chi connectivity index (χ3n) is 6.60. The number of anilines is 1. The Morgan fingerprint density at radius 2 is 2.00 bits per heavy atom. The number of amides is 4. The summed E-state index contributed by atoms with van der Waals surface area (Å²) in [5, 5.41) is 11.2. The van der Waals surface area contributed by atoms with E-state index in [1.165, 1.54) is 11.3 Å². The molecule has 0 unspecified atom stereocenters. The van der Waals surface area contributed by atoms with E-state index in [0.29, 0.717) is 21.7 Å². The standard InChI is InChI=1S/C21H18FN5O5S/c1-8-7-27-14-10(5-11-13(17-23-3-4-33-17)26-32-15(11)12(14)22)6-21(16(27)9(2)31-8)18(28)24-20(30)25-19(21)29/h3-5,8-9,16H,6-7H2,1-2H3,(H2,24,25,28,29,30)/t8-,9+,16-/m1/s1. The van der Waals surface area contributed by atoms with Crippen molar-refractivity contribution in [3.63, 3.8) is 0 Å². The number of carbonyl (C=O) groups is 3. The van der Waals surface area contributed by atoms with Crippen LogP contribution in [0.4, 0.5) is 14.9 Å². The Hall–Kier alpha value is -3.38. The second kappa shape index (κ2) is 6.81. The number of fused-ring (bicyclic) bond motifs is 5. The number of hydrogen-bond donors (Lipinski definition) is 2. The van der Waals surface area contributed by atoms with Gasteiger partial charge in [-0.2, -0.15) is 0 Å². The highest BCUT2D eigenvalue weighted by Crippen LogP contribution is 2.49. The number of barbiturate groups is 1. The fraction of sp³-hybridized carbons (Fsp3) is 0.381. The lowest BCUT2D eigenvalue weighted by Crippen LogP contribution is -2.75. The molecule has 5 heterocycles. The number of nitrogens with one attached hydrogen (secondary N) is 2. The molecule has 170 valence electrons. The molecule has 33 heavy (non-hydrogen) atoms. The molecule has 12 heteroatoms. The molecule has 2 saturated heterocycles. The highest BCUT2D eigenvalue weighted by molar-refractivity contribution is 7.13. The number of carbonyl (C=O) groups excluding carboxylic acids is 3. The molecule has 1 spiro atoms. The monoisotopic (exact) mass is 471 g/mol. The van der Waals surface area contributed by atoms with Gasteiger partial charge in [-0.15, -0.1) is 11.3 Å². The van der Waals surface area contributed by atoms with E-state index < -0.39 is 41.2 Å². The first-order chi connectivity index (χ1) is 15.8. The highest BCUT2D eigenvalue weighted by Gasteiger charge is 2.63. The van der Waals surface area contributed by atoms with Crippen LogP contribution in [0.5, 0.6) is 0 Å². The van der Waals surface area contributed by atoms with Crippen LogP contribution in [0.15, 0.2) is 22.2 Å². The molecule has 2 fully saturated rings. The minimum atomic E-state index is -1.68. The Bertz CT molecular complexity index is 1320. The lowest BCUT2D eigenvalue weighted by Gasteiger charge is -2.55. The SMILES string of the molecule is C[C@@H]1CN2c3c(cc4c(-c5nccs5)noc4c3F)CC3(C(=O)NC(=O)NC3=O)[C@H]2[C@H](C)O1. The molecule has 2 N–H and O–H groups in total. The molecule has 0 radical (unpaired) electrons. The fourth-order valence-corrected chi connectivity index (χ4v) is 6.07. The van der Waals surface area contributed by atoms with Gasteiger partial charge in [-0.1, -0.05) is 5.16 Å². The molecule has 3 aromatic rings. The number of ether oxygens (including phenoxy) is 1. The number of hydrogen-bond acceptors (Lipinski definition) is 9. The van der Waals surface area contributed by atoms with Crippen molar-refractivity contribution in [2.45, 2.75) is 38.5 Å². The number of urea groups is 1. The summed E-state index contributed by atoms with van der Waals surface area (Å²) in [6.45, 7) is 3.82. The maximum absolute atomic E-state index is 16.0. The predicted molar refractivity (Wildman–Crippen MR) is 114 cm³/mol. The maximum atomic E-state index is 16.0. The Kier molecular flexibility index (Phi) is 4.18. The third kappa shape index (κ3) is 2.64. The fourth-order valence-electron chi connectivity index (χ4n) is 5.44. The first-order valence-corrected chi connectivity index (χ1v) is 11.3. The highest BCUT2D eigenvalue weighted by atomic mass is 32.1. The van der Waals surface area contributed by atoms with Crippen LogP contribution in [0.2, 0.25) is 0 Å². The van der Waals surface area contributed by atoms with E-state index in [2.05, 4.69) is 20.8 Å². The van der Waals surface area contributed by atoms with Crippen molar-refractivity contribution in [1.29, 1.82) is 0 Å². The molecular weight excluding hydrogens is 453 g/mol. The van der Waals surface area contributed by atoms with Crippen LogP contribution in [0.25, 0.3) is 21.7 Å². The molecule has 6 rings (SSSR count). The molecule has 0 saturated carbocycles. The summed E-state index contributed by atoms with van der Waals surface area (Å²) >= 11 is 1.33. The summed E-state index contributed by atoms with van der Waals surface area (Å²) in [6.07, 6.45) is 0.610. The average molecular weight is 471 g/mol. The van der Waals surface area contributed by atoms with Crippen LogP contribution in [-0.2, 0) is 20.7 Å². The van der Waals surface area contributed by atoms with Gasteiger partial charge in [0.1, 0.15) is 10.7 Å². The zero-order chi connectivity index (χ0) is 23.1. The number of halogens is 1. The van der Waals surface area contributed by atoms with Gasteiger partial charge >= 0.3 is 6.03 Å². The van der Waals surface area contributed by atoms with Crippen molar-refractivity contribution in [1.82, 2.24) is 20.8 Å². The number of imide groups is 2. The molecule has 4 amide bonds. The number of rotatable bonds is 1. The number of benzene rings is 1. The molecule has 0 bridgehead atoms. The summed E-state index contributed by atoms with van der Waals surface area (Å²) in [5.41, 5.74) is -0.626. The second-order valence-electron chi connectivity index (χ2n) is 8.58. The largest absolute Gasteiger partial charge is 0.372 e. The van der Waals surface area contributed by atoms with E-state index in [9.17, 15) is 14.4 Å². The van der Waals surface area contributed by atoms with Gasteiger partial charge in [0.05, 0.1) is 29.3 Å². The van der Waals surface area contributed by atoms with Gasteiger partial charge in [-0.25, -0.2) is 14.2 Å². The van der Waals surface area contributed by atoms with Crippen LogP contribution in [0.3, 0.4) is 0 Å². The number of thiazole rings is 1. The number of nitrogens with zero attached hydrogens (tertiary/aromatic N) is 3. The van der Waals surface area contributed by atoms with Crippen molar-refractivity contribution in [2.75, 3.05) is 11.4 Å². The van der Waals surface area contributed by atoms with Gasteiger partial charge in [-0.05, 0) is 25.5 Å². The van der Waals surface area contributed by atoms with Crippen molar-refractivity contribution in [3.8, 4) is 10.7 Å². The zero-order valence-corrected chi connectivity index (χ0v) is 18.4. The topological polar surface area (TPSA) is 127 Å². The molecule has 3 aliphatic rings. The van der Waals surface area contributed by atoms with Gasteiger partial charge in [-0.3, -0.25) is 20.2 Å². The van der Waals surface area contributed by atoms with E-state index in [1.54, 1.807) is 29.5 Å². The maximum Gasteiger partial charge on any atom is 0.328 e. The Balaban J connectivity index is 1.61. The van der Waals surface area contributed by atoms with Crippen LogP contribution in [0.1, 0.15) is 19.4 Å². The Morgan fingerprint density at radius 3 is 2.70 bits per heavy atom. The number of morpholine rings is 1. The van der Waals surface area contributed by atoms with Crippen molar-refractivity contribution >= 4 is 45.8 Å². The molecule has 2 aromatic heterocycles. The second-order valence-corrected chi connectivity index (χ2v) is 9.47. The first-order valence-electron chi connectivity index (χ1n) is 10.4. The summed E-state index contributed by atoms with van der Waals surface area (Å²) in [6, 6.07) is -0.0131. The first kappa shape index (κ1) is 20.2. The van der Waals surface area contributed by atoms with E-state index >= 15 is 4.39 Å². The van der Waals surface area contributed by atoms with Crippen LogP contribution in [-0.4, -0.2) is 52.8 Å². The minimum absolute atomic E-state index is 0.0202. The molecule has 10 nitrogen and oxygen atoms in total. The summed E-state index contributed by atoms with van der Waals surface area (Å²) < 4.78 is 27.3.